The minimum absolute atomic E-state index is 0.0157. The van der Waals surface area contributed by atoms with Gasteiger partial charge in [-0.25, -0.2) is 22.0 Å². The summed E-state index contributed by atoms with van der Waals surface area (Å²) in [6.45, 7) is 2.22. The van der Waals surface area contributed by atoms with Gasteiger partial charge in [-0.2, -0.15) is 4.31 Å². The molecule has 2 rings (SSSR count). The highest BCUT2D eigenvalue weighted by atomic mass is 32.2. The molecule has 0 atom stereocenters. The van der Waals surface area contributed by atoms with Crippen molar-refractivity contribution in [2.75, 3.05) is 12.3 Å². The molecule has 0 aromatic heterocycles. The molecule has 1 aliphatic heterocycles. The van der Waals surface area contributed by atoms with Crippen molar-refractivity contribution in [3.8, 4) is 0 Å². The Hall–Kier alpha value is -0.960. The minimum atomic E-state index is -3.76. The van der Waals surface area contributed by atoms with Crippen LogP contribution in [0, 0.1) is 0 Å². The lowest BCUT2D eigenvalue weighted by Gasteiger charge is -2.27. The van der Waals surface area contributed by atoms with Crippen LogP contribution in [0.5, 0.6) is 0 Å². The van der Waals surface area contributed by atoms with Gasteiger partial charge < -0.3 is 0 Å². The molecule has 0 fully saturated rings. The van der Waals surface area contributed by atoms with Crippen molar-refractivity contribution in [1.82, 2.24) is 4.31 Å². The molecule has 19 heavy (non-hydrogen) atoms. The standard InChI is InChI=1S/C11H16N2O4S2/c1-2-18(14,15)13-6-5-9-3-4-11(19(12,16)17)7-10(9)8-13/h3-4,7H,2,5-6,8H2,1H3,(H2,12,16,17). The maximum atomic E-state index is 11.8. The molecule has 0 unspecified atom stereocenters. The SMILES string of the molecule is CCS(=O)(=O)N1CCc2ccc(S(N)(=O)=O)cc2C1. The Balaban J connectivity index is 2.39. The Kier molecular flexibility index (Phi) is 3.69. The van der Waals surface area contributed by atoms with Gasteiger partial charge in [0.25, 0.3) is 0 Å². The first-order valence-electron chi connectivity index (χ1n) is 5.86. The van der Waals surface area contributed by atoms with Gasteiger partial charge in [0.2, 0.25) is 20.0 Å². The van der Waals surface area contributed by atoms with E-state index in [2.05, 4.69) is 0 Å². The zero-order valence-corrected chi connectivity index (χ0v) is 12.2. The Morgan fingerprint density at radius 3 is 2.47 bits per heavy atom. The first-order valence-corrected chi connectivity index (χ1v) is 9.02. The third-order valence-electron chi connectivity index (χ3n) is 3.24. The maximum absolute atomic E-state index is 11.8. The number of nitrogens with two attached hydrogens (primary N) is 1. The predicted octanol–water partition coefficient (Wildman–Crippen LogP) is 0.0418. The molecular formula is C11H16N2O4S2. The van der Waals surface area contributed by atoms with Crippen LogP contribution in [0.1, 0.15) is 18.1 Å². The van der Waals surface area contributed by atoms with E-state index in [1.54, 1.807) is 13.0 Å². The molecule has 0 radical (unpaired) electrons. The van der Waals surface area contributed by atoms with Crippen LogP contribution in [0.3, 0.4) is 0 Å². The van der Waals surface area contributed by atoms with E-state index in [1.165, 1.54) is 16.4 Å². The summed E-state index contributed by atoms with van der Waals surface area (Å²) in [6, 6.07) is 4.62. The molecule has 6 nitrogen and oxygen atoms in total. The Morgan fingerprint density at radius 1 is 1.21 bits per heavy atom. The monoisotopic (exact) mass is 304 g/mol. The second-order valence-corrected chi connectivity index (χ2v) is 8.28. The number of sulfonamides is 2. The van der Waals surface area contributed by atoms with Gasteiger partial charge in [0.05, 0.1) is 10.6 Å². The highest BCUT2D eigenvalue weighted by Crippen LogP contribution is 2.23. The summed E-state index contributed by atoms with van der Waals surface area (Å²) in [5.74, 6) is 0.0389. The van der Waals surface area contributed by atoms with Gasteiger partial charge in [0.1, 0.15) is 0 Å². The van der Waals surface area contributed by atoms with E-state index in [0.29, 0.717) is 18.5 Å². The van der Waals surface area contributed by atoms with Gasteiger partial charge in [0.15, 0.2) is 0 Å². The molecule has 0 aliphatic carbocycles. The number of primary sulfonamides is 1. The van der Waals surface area contributed by atoms with E-state index in [0.717, 1.165) is 5.56 Å². The molecule has 1 aromatic rings. The fourth-order valence-electron chi connectivity index (χ4n) is 2.10. The van der Waals surface area contributed by atoms with Crippen LogP contribution in [0.25, 0.3) is 0 Å². The number of rotatable bonds is 3. The highest BCUT2D eigenvalue weighted by molar-refractivity contribution is 7.89. The van der Waals surface area contributed by atoms with Crippen LogP contribution in [0.4, 0.5) is 0 Å². The second kappa shape index (κ2) is 4.86. The lowest BCUT2D eigenvalue weighted by Crippen LogP contribution is -2.37. The summed E-state index contributed by atoms with van der Waals surface area (Å²) < 4.78 is 47.6. The number of fused-ring (bicyclic) bond motifs is 1. The van der Waals surface area contributed by atoms with E-state index < -0.39 is 20.0 Å². The van der Waals surface area contributed by atoms with E-state index in [1.807, 2.05) is 0 Å². The average Bonchev–Trinajstić information content (AvgIpc) is 2.36. The normalized spacial score (nSPS) is 17.2. The van der Waals surface area contributed by atoms with E-state index in [9.17, 15) is 16.8 Å². The van der Waals surface area contributed by atoms with Crippen molar-refractivity contribution in [2.45, 2.75) is 24.8 Å². The molecule has 2 N–H and O–H groups in total. The van der Waals surface area contributed by atoms with Crippen LogP contribution >= 0.6 is 0 Å². The third-order valence-corrected chi connectivity index (χ3v) is 5.98. The Bertz CT molecular complexity index is 695. The Morgan fingerprint density at radius 2 is 1.89 bits per heavy atom. The average molecular weight is 304 g/mol. The predicted molar refractivity (Wildman–Crippen MR) is 71.4 cm³/mol. The molecule has 106 valence electrons. The quantitative estimate of drug-likeness (QED) is 0.852. The van der Waals surface area contributed by atoms with Crippen LogP contribution in [-0.4, -0.2) is 33.4 Å². The molecule has 0 amide bonds. The van der Waals surface area contributed by atoms with Crippen LogP contribution in [0.15, 0.2) is 23.1 Å². The largest absolute Gasteiger partial charge is 0.238 e. The Labute approximate surface area is 113 Å². The van der Waals surface area contributed by atoms with Crippen molar-refractivity contribution in [3.05, 3.63) is 29.3 Å². The van der Waals surface area contributed by atoms with E-state index >= 15 is 0 Å². The van der Waals surface area contributed by atoms with Crippen molar-refractivity contribution < 1.29 is 16.8 Å². The number of nitrogens with zero attached hydrogens (tertiary/aromatic N) is 1. The zero-order valence-electron chi connectivity index (χ0n) is 10.5. The first kappa shape index (κ1) is 14.4. The van der Waals surface area contributed by atoms with Crippen LogP contribution in [0.2, 0.25) is 0 Å². The van der Waals surface area contributed by atoms with Crippen LogP contribution < -0.4 is 5.14 Å². The van der Waals surface area contributed by atoms with Gasteiger partial charge in [-0.05, 0) is 36.6 Å². The molecule has 1 aliphatic rings. The maximum Gasteiger partial charge on any atom is 0.238 e. The zero-order chi connectivity index (χ0) is 14.3. The number of hydrogen-bond acceptors (Lipinski definition) is 4. The minimum Gasteiger partial charge on any atom is -0.225 e. The summed E-state index contributed by atoms with van der Waals surface area (Å²) in [4.78, 5) is 0.0157. The molecule has 0 saturated carbocycles. The molecule has 1 aromatic carbocycles. The summed E-state index contributed by atoms with van der Waals surface area (Å²) in [5.41, 5.74) is 1.67. The van der Waals surface area contributed by atoms with Gasteiger partial charge >= 0.3 is 0 Å². The summed E-state index contributed by atoms with van der Waals surface area (Å²) >= 11 is 0. The smallest absolute Gasteiger partial charge is 0.225 e. The fourth-order valence-corrected chi connectivity index (χ4v) is 3.74. The third kappa shape index (κ3) is 2.97. The number of hydrogen-bond donors (Lipinski definition) is 1. The summed E-state index contributed by atoms with van der Waals surface area (Å²) in [7, 11) is -7.02. The van der Waals surface area contributed by atoms with Crippen LogP contribution in [-0.2, 0) is 33.0 Å². The van der Waals surface area contributed by atoms with E-state index in [-0.39, 0.29) is 17.2 Å². The van der Waals surface area contributed by atoms with Crippen molar-refractivity contribution in [3.63, 3.8) is 0 Å². The van der Waals surface area contributed by atoms with Crippen molar-refractivity contribution in [2.24, 2.45) is 5.14 Å². The topological polar surface area (TPSA) is 97.5 Å². The summed E-state index contributed by atoms with van der Waals surface area (Å²) in [6.07, 6.45) is 0.583. The van der Waals surface area contributed by atoms with Crippen molar-refractivity contribution in [1.29, 1.82) is 0 Å². The molecule has 0 spiro atoms. The lowest BCUT2D eigenvalue weighted by molar-refractivity contribution is 0.391. The molecule has 1 heterocycles. The van der Waals surface area contributed by atoms with Gasteiger partial charge in [0, 0.05) is 13.1 Å². The van der Waals surface area contributed by atoms with Gasteiger partial charge in [-0.3, -0.25) is 0 Å². The molecule has 0 saturated heterocycles. The van der Waals surface area contributed by atoms with Crippen molar-refractivity contribution >= 4 is 20.0 Å². The van der Waals surface area contributed by atoms with E-state index in [4.69, 9.17) is 5.14 Å². The van der Waals surface area contributed by atoms with Gasteiger partial charge in [-0.15, -0.1) is 0 Å². The highest BCUT2D eigenvalue weighted by Gasteiger charge is 2.25. The fraction of sp³-hybridized carbons (Fsp3) is 0.455. The molecular weight excluding hydrogens is 288 g/mol. The summed E-state index contributed by atoms with van der Waals surface area (Å²) in [5, 5.41) is 5.08. The number of benzene rings is 1. The van der Waals surface area contributed by atoms with Gasteiger partial charge in [-0.1, -0.05) is 6.07 Å². The molecule has 8 heteroatoms. The lowest BCUT2D eigenvalue weighted by atomic mass is 10.0. The first-order chi connectivity index (χ1) is 8.74. The second-order valence-electron chi connectivity index (χ2n) is 4.46. The molecule has 0 bridgehead atoms.